The summed E-state index contributed by atoms with van der Waals surface area (Å²) >= 11 is 0. The summed E-state index contributed by atoms with van der Waals surface area (Å²) in [4.78, 5) is 11.1. The zero-order valence-corrected chi connectivity index (χ0v) is 12.1. The molecule has 3 rings (SSSR count). The highest BCUT2D eigenvalue weighted by Gasteiger charge is 2.14. The Labute approximate surface area is 123 Å². The Morgan fingerprint density at radius 3 is 2.43 bits per heavy atom. The molecule has 1 atom stereocenters. The SMILES string of the molecule is CC(=O)N[C@H](C)c1ccc(-c2ccc3c(c2)OCO3)cc1. The maximum atomic E-state index is 11.1. The highest BCUT2D eigenvalue weighted by molar-refractivity contribution is 5.73. The molecule has 4 heteroatoms. The molecule has 21 heavy (non-hydrogen) atoms. The van der Waals surface area contributed by atoms with E-state index in [2.05, 4.69) is 5.32 Å². The number of nitrogens with one attached hydrogen (secondary N) is 1. The minimum Gasteiger partial charge on any atom is -0.454 e. The maximum absolute atomic E-state index is 11.1. The van der Waals surface area contributed by atoms with Gasteiger partial charge in [-0.15, -0.1) is 0 Å². The summed E-state index contributed by atoms with van der Waals surface area (Å²) in [5.74, 6) is 1.54. The molecule has 108 valence electrons. The minimum atomic E-state index is -0.0256. The second-order valence-corrected chi connectivity index (χ2v) is 5.11. The predicted molar refractivity (Wildman–Crippen MR) is 80.2 cm³/mol. The average Bonchev–Trinajstić information content (AvgIpc) is 2.94. The maximum Gasteiger partial charge on any atom is 0.231 e. The number of carbonyl (C=O) groups excluding carboxylic acids is 1. The van der Waals surface area contributed by atoms with Crippen LogP contribution in [0.15, 0.2) is 42.5 Å². The van der Waals surface area contributed by atoms with Crippen molar-refractivity contribution < 1.29 is 14.3 Å². The molecule has 0 spiro atoms. The summed E-state index contributed by atoms with van der Waals surface area (Å²) in [5, 5.41) is 2.88. The Morgan fingerprint density at radius 2 is 1.71 bits per heavy atom. The number of fused-ring (bicyclic) bond motifs is 1. The van der Waals surface area contributed by atoms with Gasteiger partial charge in [0, 0.05) is 6.92 Å². The monoisotopic (exact) mass is 283 g/mol. The highest BCUT2D eigenvalue weighted by Crippen LogP contribution is 2.36. The molecule has 0 aliphatic carbocycles. The van der Waals surface area contributed by atoms with Crippen molar-refractivity contribution in [2.75, 3.05) is 6.79 Å². The third-order valence-corrected chi connectivity index (χ3v) is 3.54. The molecule has 1 aliphatic heterocycles. The van der Waals surface area contributed by atoms with Crippen molar-refractivity contribution in [3.63, 3.8) is 0 Å². The molecule has 2 aromatic rings. The lowest BCUT2D eigenvalue weighted by Gasteiger charge is -2.13. The largest absolute Gasteiger partial charge is 0.454 e. The molecule has 0 aromatic heterocycles. The second-order valence-electron chi connectivity index (χ2n) is 5.11. The number of hydrogen-bond donors (Lipinski definition) is 1. The average molecular weight is 283 g/mol. The number of benzene rings is 2. The molecular formula is C17H17NO3. The summed E-state index contributed by atoms with van der Waals surface area (Å²) in [5.41, 5.74) is 3.26. The molecule has 0 bridgehead atoms. The first kappa shape index (κ1) is 13.5. The zero-order valence-electron chi connectivity index (χ0n) is 12.1. The van der Waals surface area contributed by atoms with E-state index in [1.807, 2.05) is 49.4 Å². The topological polar surface area (TPSA) is 47.6 Å². The fourth-order valence-corrected chi connectivity index (χ4v) is 2.43. The molecular weight excluding hydrogens is 266 g/mol. The molecule has 1 amide bonds. The summed E-state index contributed by atoms with van der Waals surface area (Å²) in [7, 11) is 0. The van der Waals surface area contributed by atoms with E-state index in [0.29, 0.717) is 0 Å². The number of rotatable bonds is 3. The summed E-state index contributed by atoms with van der Waals surface area (Å²) in [6.07, 6.45) is 0. The molecule has 1 heterocycles. The van der Waals surface area contributed by atoms with Crippen LogP contribution in [-0.4, -0.2) is 12.7 Å². The molecule has 1 aliphatic rings. The first-order chi connectivity index (χ1) is 10.1. The van der Waals surface area contributed by atoms with E-state index in [-0.39, 0.29) is 18.7 Å². The fourth-order valence-electron chi connectivity index (χ4n) is 2.43. The van der Waals surface area contributed by atoms with Crippen molar-refractivity contribution in [3.8, 4) is 22.6 Å². The summed E-state index contributed by atoms with van der Waals surface area (Å²) < 4.78 is 10.7. The standard InChI is InChI=1S/C17H17NO3/c1-11(18-12(2)19)13-3-5-14(6-4-13)15-7-8-16-17(9-15)21-10-20-16/h3-9,11H,10H2,1-2H3,(H,18,19)/t11-/m1/s1. The number of carbonyl (C=O) groups is 1. The van der Waals surface area contributed by atoms with Crippen LogP contribution in [0.4, 0.5) is 0 Å². The predicted octanol–water partition coefficient (Wildman–Crippen LogP) is 3.28. The van der Waals surface area contributed by atoms with E-state index in [1.54, 1.807) is 0 Å². The van der Waals surface area contributed by atoms with Crippen LogP contribution in [0.1, 0.15) is 25.5 Å². The fraction of sp³-hybridized carbons (Fsp3) is 0.235. The van der Waals surface area contributed by atoms with Crippen LogP contribution in [0, 0.1) is 0 Å². The van der Waals surface area contributed by atoms with Crippen molar-refractivity contribution >= 4 is 5.91 Å². The summed E-state index contributed by atoms with van der Waals surface area (Å²) in [6.45, 7) is 3.78. The smallest absolute Gasteiger partial charge is 0.231 e. The number of ether oxygens (including phenoxy) is 2. The molecule has 0 unspecified atom stereocenters. The van der Waals surface area contributed by atoms with Crippen molar-refractivity contribution in [1.29, 1.82) is 0 Å². The molecule has 0 saturated carbocycles. The molecule has 1 N–H and O–H groups in total. The lowest BCUT2D eigenvalue weighted by Crippen LogP contribution is -2.23. The van der Waals surface area contributed by atoms with Crippen molar-refractivity contribution in [2.45, 2.75) is 19.9 Å². The van der Waals surface area contributed by atoms with Gasteiger partial charge >= 0.3 is 0 Å². The van der Waals surface area contributed by atoms with Crippen molar-refractivity contribution in [2.24, 2.45) is 0 Å². The van der Waals surface area contributed by atoms with Gasteiger partial charge < -0.3 is 14.8 Å². The van der Waals surface area contributed by atoms with Crippen LogP contribution in [0.5, 0.6) is 11.5 Å². The normalized spacial score (nSPS) is 13.8. The lowest BCUT2D eigenvalue weighted by atomic mass is 10.0. The third-order valence-electron chi connectivity index (χ3n) is 3.54. The van der Waals surface area contributed by atoms with Crippen LogP contribution < -0.4 is 14.8 Å². The minimum absolute atomic E-state index is 0.00769. The number of amides is 1. The molecule has 4 nitrogen and oxygen atoms in total. The van der Waals surface area contributed by atoms with Crippen LogP contribution >= 0.6 is 0 Å². The zero-order chi connectivity index (χ0) is 14.8. The second kappa shape index (κ2) is 5.48. The first-order valence-corrected chi connectivity index (χ1v) is 6.90. The van der Waals surface area contributed by atoms with Gasteiger partial charge in [0.05, 0.1) is 6.04 Å². The van der Waals surface area contributed by atoms with E-state index in [4.69, 9.17) is 9.47 Å². The van der Waals surface area contributed by atoms with Crippen LogP contribution in [0.25, 0.3) is 11.1 Å². The van der Waals surface area contributed by atoms with Crippen LogP contribution in [0.2, 0.25) is 0 Å². The van der Waals surface area contributed by atoms with Gasteiger partial charge in [-0.3, -0.25) is 4.79 Å². The molecule has 0 radical (unpaired) electrons. The van der Waals surface area contributed by atoms with Gasteiger partial charge in [-0.1, -0.05) is 30.3 Å². The lowest BCUT2D eigenvalue weighted by molar-refractivity contribution is -0.119. The van der Waals surface area contributed by atoms with E-state index >= 15 is 0 Å². The third kappa shape index (κ3) is 2.84. The molecule has 0 fully saturated rings. The van der Waals surface area contributed by atoms with Gasteiger partial charge in [0.25, 0.3) is 0 Å². The first-order valence-electron chi connectivity index (χ1n) is 6.90. The van der Waals surface area contributed by atoms with Crippen LogP contribution in [-0.2, 0) is 4.79 Å². The van der Waals surface area contributed by atoms with Gasteiger partial charge in [0.2, 0.25) is 12.7 Å². The summed E-state index contributed by atoms with van der Waals surface area (Å²) in [6, 6.07) is 14.1. The van der Waals surface area contributed by atoms with E-state index in [9.17, 15) is 4.79 Å². The Morgan fingerprint density at radius 1 is 1.05 bits per heavy atom. The van der Waals surface area contributed by atoms with Gasteiger partial charge in [-0.25, -0.2) is 0 Å². The highest BCUT2D eigenvalue weighted by atomic mass is 16.7. The van der Waals surface area contributed by atoms with Gasteiger partial charge in [-0.2, -0.15) is 0 Å². The Balaban J connectivity index is 1.82. The Kier molecular flexibility index (Phi) is 3.52. The van der Waals surface area contributed by atoms with E-state index in [0.717, 1.165) is 28.2 Å². The van der Waals surface area contributed by atoms with Gasteiger partial charge in [0.1, 0.15) is 0 Å². The number of hydrogen-bond acceptors (Lipinski definition) is 3. The Bertz CT molecular complexity index is 664. The van der Waals surface area contributed by atoms with Crippen LogP contribution in [0.3, 0.4) is 0 Å². The molecule has 0 saturated heterocycles. The van der Waals surface area contributed by atoms with Gasteiger partial charge in [0.15, 0.2) is 11.5 Å². The van der Waals surface area contributed by atoms with E-state index in [1.165, 1.54) is 6.92 Å². The molecule has 2 aromatic carbocycles. The van der Waals surface area contributed by atoms with Crippen molar-refractivity contribution in [3.05, 3.63) is 48.0 Å². The quantitative estimate of drug-likeness (QED) is 0.940. The van der Waals surface area contributed by atoms with Crippen molar-refractivity contribution in [1.82, 2.24) is 5.32 Å². The van der Waals surface area contributed by atoms with E-state index < -0.39 is 0 Å². The Hall–Kier alpha value is -2.49. The van der Waals surface area contributed by atoms with Gasteiger partial charge in [-0.05, 0) is 35.7 Å².